The van der Waals surface area contributed by atoms with Crippen LogP contribution in [-0.2, 0) is 4.74 Å². The molecule has 0 spiro atoms. The summed E-state index contributed by atoms with van der Waals surface area (Å²) in [5.74, 6) is 0. The topological polar surface area (TPSA) is 9.23 Å². The van der Waals surface area contributed by atoms with Gasteiger partial charge in [0, 0.05) is 0 Å². The van der Waals surface area contributed by atoms with E-state index in [1.807, 2.05) is 0 Å². The van der Waals surface area contributed by atoms with Crippen LogP contribution < -0.4 is 0 Å². The van der Waals surface area contributed by atoms with Gasteiger partial charge in [0.05, 0.1) is 6.61 Å². The molecular formula is C5H11FOS. The molecule has 0 aliphatic heterocycles. The van der Waals surface area contributed by atoms with Crippen LogP contribution in [0.4, 0.5) is 4.39 Å². The summed E-state index contributed by atoms with van der Waals surface area (Å²) in [6, 6.07) is 0. The Kier molecular flexibility index (Phi) is 3.40. The van der Waals surface area contributed by atoms with Crippen LogP contribution >= 0.6 is 12.6 Å². The molecule has 50 valence electrons. The number of alkyl halides is 1. The lowest BCUT2D eigenvalue weighted by molar-refractivity contribution is 0.0450. The molecule has 0 N–H and O–H groups in total. The second kappa shape index (κ2) is 3.30. The first kappa shape index (κ1) is 8.24. The van der Waals surface area contributed by atoms with Crippen LogP contribution in [0.3, 0.4) is 0 Å². The van der Waals surface area contributed by atoms with Crippen LogP contribution in [0.15, 0.2) is 0 Å². The average Bonchev–Trinajstić information content (AvgIpc) is 1.59. The average molecular weight is 138 g/mol. The predicted octanol–water partition coefficient (Wildman–Crippen LogP) is 1.64. The molecule has 0 radical (unpaired) electrons. The van der Waals surface area contributed by atoms with Crippen molar-refractivity contribution in [1.82, 2.24) is 0 Å². The molecule has 0 saturated heterocycles. The van der Waals surface area contributed by atoms with Gasteiger partial charge in [0.25, 0.3) is 0 Å². The van der Waals surface area contributed by atoms with Crippen molar-refractivity contribution >= 4 is 12.6 Å². The fourth-order valence-corrected chi connectivity index (χ4v) is 0.380. The van der Waals surface area contributed by atoms with E-state index in [2.05, 4.69) is 12.6 Å². The first-order valence-electron chi connectivity index (χ1n) is 2.48. The van der Waals surface area contributed by atoms with Gasteiger partial charge in [0.15, 0.2) is 0 Å². The molecule has 0 saturated carbocycles. The second-order valence-corrected chi connectivity index (χ2v) is 3.06. The van der Waals surface area contributed by atoms with Crippen LogP contribution in [0, 0.1) is 0 Å². The Labute approximate surface area is 54.6 Å². The van der Waals surface area contributed by atoms with Gasteiger partial charge in [-0.3, -0.25) is 0 Å². The van der Waals surface area contributed by atoms with Crippen molar-refractivity contribution in [3.8, 4) is 0 Å². The minimum absolute atomic E-state index is 0.135. The molecule has 0 heterocycles. The van der Waals surface area contributed by atoms with Crippen molar-refractivity contribution in [1.29, 1.82) is 0 Å². The summed E-state index contributed by atoms with van der Waals surface area (Å²) in [7, 11) is 0. The molecule has 3 heteroatoms. The maximum Gasteiger partial charge on any atom is 0.113 e. The van der Waals surface area contributed by atoms with Gasteiger partial charge in [0.2, 0.25) is 0 Å². The Morgan fingerprint density at radius 3 is 2.25 bits per heavy atom. The maximum atomic E-state index is 11.4. The standard InChI is InChI=1S/C5H11FOS/c1-5(2,8)7-4-3-6/h8H,3-4H2,1-2H3. The van der Waals surface area contributed by atoms with Crippen molar-refractivity contribution in [3.05, 3.63) is 0 Å². The highest BCUT2D eigenvalue weighted by Crippen LogP contribution is 2.12. The number of hydrogen-bond acceptors (Lipinski definition) is 2. The molecule has 0 fully saturated rings. The molecule has 0 aromatic heterocycles. The summed E-state index contributed by atoms with van der Waals surface area (Å²) in [6.07, 6.45) is 0. The third kappa shape index (κ3) is 6.24. The Hall–Kier alpha value is 0.240. The summed E-state index contributed by atoms with van der Waals surface area (Å²) < 4.78 is 16.2. The van der Waals surface area contributed by atoms with Crippen molar-refractivity contribution in [3.63, 3.8) is 0 Å². The molecule has 0 aliphatic carbocycles. The minimum atomic E-state index is -0.494. The van der Waals surface area contributed by atoms with Crippen LogP contribution in [0.5, 0.6) is 0 Å². The van der Waals surface area contributed by atoms with Gasteiger partial charge in [0.1, 0.15) is 11.6 Å². The number of ether oxygens (including phenoxy) is 1. The zero-order chi connectivity index (χ0) is 6.62. The van der Waals surface area contributed by atoms with E-state index >= 15 is 0 Å². The fourth-order valence-electron chi connectivity index (χ4n) is 0.288. The third-order valence-corrected chi connectivity index (χ3v) is 0.662. The van der Waals surface area contributed by atoms with Gasteiger partial charge >= 0.3 is 0 Å². The van der Waals surface area contributed by atoms with E-state index in [1.54, 1.807) is 13.8 Å². The Morgan fingerprint density at radius 1 is 1.62 bits per heavy atom. The lowest BCUT2D eigenvalue weighted by atomic mass is 10.5. The van der Waals surface area contributed by atoms with E-state index in [1.165, 1.54) is 0 Å². The van der Waals surface area contributed by atoms with Gasteiger partial charge in [-0.25, -0.2) is 4.39 Å². The number of halogens is 1. The van der Waals surface area contributed by atoms with Gasteiger partial charge in [-0.15, -0.1) is 12.6 Å². The molecular weight excluding hydrogens is 127 g/mol. The second-order valence-electron chi connectivity index (χ2n) is 1.98. The maximum absolute atomic E-state index is 11.4. The van der Waals surface area contributed by atoms with E-state index in [9.17, 15) is 4.39 Å². The van der Waals surface area contributed by atoms with E-state index in [-0.39, 0.29) is 6.61 Å². The highest BCUT2D eigenvalue weighted by molar-refractivity contribution is 7.81. The Morgan fingerprint density at radius 2 is 2.12 bits per heavy atom. The molecule has 0 amide bonds. The molecule has 8 heavy (non-hydrogen) atoms. The largest absolute Gasteiger partial charge is 0.362 e. The van der Waals surface area contributed by atoms with E-state index in [0.717, 1.165) is 0 Å². The molecule has 0 unspecified atom stereocenters. The smallest absolute Gasteiger partial charge is 0.113 e. The summed E-state index contributed by atoms with van der Waals surface area (Å²) in [5, 5.41) is 0. The van der Waals surface area contributed by atoms with Crippen LogP contribution in [0.1, 0.15) is 13.8 Å². The van der Waals surface area contributed by atoms with Crippen LogP contribution in [0.25, 0.3) is 0 Å². The Balaban J connectivity index is 3.11. The summed E-state index contributed by atoms with van der Waals surface area (Å²) in [4.78, 5) is -0.494. The third-order valence-electron chi connectivity index (χ3n) is 0.532. The number of rotatable bonds is 3. The summed E-state index contributed by atoms with van der Waals surface area (Å²) >= 11 is 4.00. The van der Waals surface area contributed by atoms with Crippen molar-refractivity contribution in [2.75, 3.05) is 13.3 Å². The van der Waals surface area contributed by atoms with Gasteiger partial charge in [-0.2, -0.15) is 0 Å². The monoisotopic (exact) mass is 138 g/mol. The zero-order valence-corrected chi connectivity index (χ0v) is 6.04. The lowest BCUT2D eigenvalue weighted by Crippen LogP contribution is -2.17. The molecule has 1 nitrogen and oxygen atoms in total. The van der Waals surface area contributed by atoms with Crippen LogP contribution in [0.2, 0.25) is 0 Å². The summed E-state index contributed by atoms with van der Waals surface area (Å²) in [6.45, 7) is 3.23. The van der Waals surface area contributed by atoms with Crippen molar-refractivity contribution < 1.29 is 9.13 Å². The fraction of sp³-hybridized carbons (Fsp3) is 1.00. The quantitative estimate of drug-likeness (QED) is 0.460. The lowest BCUT2D eigenvalue weighted by Gasteiger charge is -2.16. The van der Waals surface area contributed by atoms with Crippen LogP contribution in [-0.4, -0.2) is 18.2 Å². The minimum Gasteiger partial charge on any atom is -0.362 e. The van der Waals surface area contributed by atoms with E-state index in [0.29, 0.717) is 0 Å². The molecule has 0 aliphatic rings. The van der Waals surface area contributed by atoms with E-state index < -0.39 is 11.6 Å². The summed E-state index contributed by atoms with van der Waals surface area (Å²) in [5.41, 5.74) is 0. The molecule has 0 bridgehead atoms. The molecule has 0 rings (SSSR count). The first-order valence-corrected chi connectivity index (χ1v) is 2.93. The van der Waals surface area contributed by atoms with Gasteiger partial charge in [-0.05, 0) is 13.8 Å². The van der Waals surface area contributed by atoms with Crippen molar-refractivity contribution in [2.45, 2.75) is 18.8 Å². The normalized spacial score (nSPS) is 12.0. The Bertz CT molecular complexity index is 59.9. The van der Waals surface area contributed by atoms with E-state index in [4.69, 9.17) is 4.74 Å². The van der Waals surface area contributed by atoms with Gasteiger partial charge in [-0.1, -0.05) is 0 Å². The first-order chi connectivity index (χ1) is 3.56. The molecule has 0 atom stereocenters. The molecule has 0 aromatic carbocycles. The number of hydrogen-bond donors (Lipinski definition) is 1. The zero-order valence-electron chi connectivity index (χ0n) is 5.15. The SMILES string of the molecule is CC(C)(S)OCCF. The molecule has 0 aromatic rings. The van der Waals surface area contributed by atoms with Gasteiger partial charge < -0.3 is 4.74 Å². The number of thiol groups is 1. The highest BCUT2D eigenvalue weighted by Gasteiger charge is 2.09. The van der Waals surface area contributed by atoms with Crippen molar-refractivity contribution in [2.24, 2.45) is 0 Å². The predicted molar refractivity (Wildman–Crippen MR) is 35.0 cm³/mol. The highest BCUT2D eigenvalue weighted by atomic mass is 32.1.